The van der Waals surface area contributed by atoms with Gasteiger partial charge in [0.25, 0.3) is 0 Å². The zero-order valence-corrected chi connectivity index (χ0v) is 12.5. The number of methoxy groups -OCH3 is 1. The number of ether oxygens (including phenoxy) is 1. The van der Waals surface area contributed by atoms with Crippen molar-refractivity contribution in [3.05, 3.63) is 23.7 Å². The normalized spacial score (nSPS) is 34.4. The Morgan fingerprint density at radius 3 is 2.90 bits per heavy atom. The summed E-state index contributed by atoms with van der Waals surface area (Å²) >= 11 is 0. The number of rotatable bonds is 4. The lowest BCUT2D eigenvalue weighted by atomic mass is 9.79. The van der Waals surface area contributed by atoms with Gasteiger partial charge in [0, 0.05) is 26.1 Å². The molecule has 0 unspecified atom stereocenters. The number of hydrogen-bond donors (Lipinski definition) is 1. The molecule has 2 fully saturated rings. The average Bonchev–Trinajstić information content (AvgIpc) is 3.05. The smallest absolute Gasteiger partial charge is 0.118 e. The molecular formula is C16H25NO3. The summed E-state index contributed by atoms with van der Waals surface area (Å²) in [6.07, 6.45) is 4.44. The summed E-state index contributed by atoms with van der Waals surface area (Å²) in [5, 5.41) is 9.99. The van der Waals surface area contributed by atoms with Crippen LogP contribution in [0.5, 0.6) is 0 Å². The summed E-state index contributed by atoms with van der Waals surface area (Å²) in [6, 6.07) is 4.45. The van der Waals surface area contributed by atoms with Gasteiger partial charge in [-0.2, -0.15) is 0 Å². The van der Waals surface area contributed by atoms with Crippen LogP contribution in [0.15, 0.2) is 16.5 Å². The molecular weight excluding hydrogens is 254 g/mol. The number of aliphatic hydroxyl groups is 1. The highest BCUT2D eigenvalue weighted by atomic mass is 16.5. The van der Waals surface area contributed by atoms with Gasteiger partial charge in [-0.25, -0.2) is 0 Å². The molecule has 2 heterocycles. The first-order valence-electron chi connectivity index (χ1n) is 7.71. The van der Waals surface area contributed by atoms with E-state index >= 15 is 0 Å². The molecule has 0 aromatic carbocycles. The number of likely N-dealkylation sites (tertiary alicyclic amines) is 1. The van der Waals surface area contributed by atoms with E-state index in [0.29, 0.717) is 6.04 Å². The van der Waals surface area contributed by atoms with Crippen molar-refractivity contribution in [2.45, 2.75) is 63.3 Å². The first kappa shape index (κ1) is 14.1. The molecule has 1 aliphatic carbocycles. The Bertz CT molecular complexity index is 458. The van der Waals surface area contributed by atoms with E-state index in [1.807, 2.05) is 7.11 Å². The van der Waals surface area contributed by atoms with Gasteiger partial charge in [0.1, 0.15) is 11.5 Å². The highest BCUT2D eigenvalue weighted by Gasteiger charge is 2.50. The molecule has 1 aromatic heterocycles. The maximum atomic E-state index is 9.99. The van der Waals surface area contributed by atoms with Crippen LogP contribution < -0.4 is 0 Å². The minimum atomic E-state index is -0.188. The second-order valence-electron chi connectivity index (χ2n) is 6.15. The Labute approximate surface area is 120 Å². The molecule has 3 rings (SSSR count). The van der Waals surface area contributed by atoms with E-state index in [9.17, 15) is 5.11 Å². The molecule has 1 N–H and O–H groups in total. The average molecular weight is 279 g/mol. The standard InChI is InChI=1S/C16H25NO3/c1-3-13-4-5-14(20-13)11-17-9-8-16(19-2)7-6-12(18)10-15(16)17/h4-5,12,15,18H,3,6-11H2,1-2H3/t12-,15+,16-/m1/s1. The first-order valence-corrected chi connectivity index (χ1v) is 7.71. The molecule has 4 heteroatoms. The van der Waals surface area contributed by atoms with E-state index in [4.69, 9.17) is 9.15 Å². The summed E-state index contributed by atoms with van der Waals surface area (Å²) < 4.78 is 11.7. The maximum absolute atomic E-state index is 9.99. The molecule has 2 aliphatic rings. The van der Waals surface area contributed by atoms with Gasteiger partial charge in [0.05, 0.1) is 18.2 Å². The second-order valence-corrected chi connectivity index (χ2v) is 6.15. The highest BCUT2D eigenvalue weighted by Crippen LogP contribution is 2.42. The van der Waals surface area contributed by atoms with Crippen molar-refractivity contribution in [2.24, 2.45) is 0 Å². The van der Waals surface area contributed by atoms with E-state index in [-0.39, 0.29) is 11.7 Å². The van der Waals surface area contributed by atoms with Crippen LogP contribution in [-0.2, 0) is 17.7 Å². The zero-order valence-electron chi connectivity index (χ0n) is 12.5. The SMILES string of the molecule is CCc1ccc(CN2CC[C@]3(OC)CC[C@@H](O)C[C@H]23)o1. The largest absolute Gasteiger partial charge is 0.465 e. The van der Waals surface area contributed by atoms with Crippen LogP contribution in [0.25, 0.3) is 0 Å². The summed E-state index contributed by atoms with van der Waals surface area (Å²) in [5.41, 5.74) is -0.0561. The van der Waals surface area contributed by atoms with E-state index < -0.39 is 0 Å². The van der Waals surface area contributed by atoms with Gasteiger partial charge in [-0.1, -0.05) is 6.92 Å². The Morgan fingerprint density at radius 1 is 1.40 bits per heavy atom. The fourth-order valence-corrected chi connectivity index (χ4v) is 3.86. The Hall–Kier alpha value is -0.840. The third-order valence-electron chi connectivity index (χ3n) is 5.10. The summed E-state index contributed by atoms with van der Waals surface area (Å²) in [6.45, 7) is 3.95. The van der Waals surface area contributed by atoms with Crippen molar-refractivity contribution in [2.75, 3.05) is 13.7 Å². The summed E-state index contributed by atoms with van der Waals surface area (Å²) in [7, 11) is 1.82. The van der Waals surface area contributed by atoms with Gasteiger partial charge < -0.3 is 14.3 Å². The van der Waals surface area contributed by atoms with Gasteiger partial charge in [-0.15, -0.1) is 0 Å². The molecule has 20 heavy (non-hydrogen) atoms. The molecule has 1 saturated carbocycles. The van der Waals surface area contributed by atoms with Crippen LogP contribution in [0.2, 0.25) is 0 Å². The molecule has 0 radical (unpaired) electrons. The van der Waals surface area contributed by atoms with Crippen LogP contribution in [0.4, 0.5) is 0 Å². The van der Waals surface area contributed by atoms with Crippen molar-refractivity contribution in [1.82, 2.24) is 4.90 Å². The second kappa shape index (κ2) is 5.51. The number of furan rings is 1. The van der Waals surface area contributed by atoms with Crippen LogP contribution >= 0.6 is 0 Å². The third-order valence-corrected chi connectivity index (χ3v) is 5.10. The fraction of sp³-hybridized carbons (Fsp3) is 0.750. The lowest BCUT2D eigenvalue weighted by Gasteiger charge is -2.42. The van der Waals surface area contributed by atoms with Gasteiger partial charge in [0.2, 0.25) is 0 Å². The zero-order chi connectivity index (χ0) is 14.2. The number of nitrogens with zero attached hydrogens (tertiary/aromatic N) is 1. The Balaban J connectivity index is 1.73. The van der Waals surface area contributed by atoms with Crippen molar-refractivity contribution < 1.29 is 14.3 Å². The Kier molecular flexibility index (Phi) is 3.89. The van der Waals surface area contributed by atoms with E-state index in [0.717, 1.165) is 56.7 Å². The van der Waals surface area contributed by atoms with Crippen molar-refractivity contribution in [3.63, 3.8) is 0 Å². The molecule has 1 aromatic rings. The lowest BCUT2D eigenvalue weighted by Crippen LogP contribution is -2.51. The molecule has 3 atom stereocenters. The molecule has 0 spiro atoms. The van der Waals surface area contributed by atoms with E-state index in [2.05, 4.69) is 24.0 Å². The molecule has 4 nitrogen and oxygen atoms in total. The predicted molar refractivity (Wildman–Crippen MR) is 76.5 cm³/mol. The number of fused-ring (bicyclic) bond motifs is 1. The first-order chi connectivity index (χ1) is 9.66. The van der Waals surface area contributed by atoms with Crippen LogP contribution in [-0.4, -0.2) is 41.4 Å². The molecule has 112 valence electrons. The predicted octanol–water partition coefficient (Wildman–Crippen LogP) is 2.35. The quantitative estimate of drug-likeness (QED) is 0.919. The minimum absolute atomic E-state index is 0.0561. The minimum Gasteiger partial charge on any atom is -0.465 e. The molecule has 0 amide bonds. The highest BCUT2D eigenvalue weighted by molar-refractivity contribution is 5.10. The van der Waals surface area contributed by atoms with Crippen LogP contribution in [0.3, 0.4) is 0 Å². The Morgan fingerprint density at radius 2 is 2.20 bits per heavy atom. The third kappa shape index (κ3) is 2.41. The fourth-order valence-electron chi connectivity index (χ4n) is 3.86. The maximum Gasteiger partial charge on any atom is 0.118 e. The van der Waals surface area contributed by atoms with Crippen LogP contribution in [0.1, 0.15) is 44.1 Å². The summed E-state index contributed by atoms with van der Waals surface area (Å²) in [5.74, 6) is 2.06. The topological polar surface area (TPSA) is 45.8 Å². The monoisotopic (exact) mass is 279 g/mol. The van der Waals surface area contributed by atoms with Crippen molar-refractivity contribution >= 4 is 0 Å². The van der Waals surface area contributed by atoms with Gasteiger partial charge in [-0.3, -0.25) is 4.90 Å². The summed E-state index contributed by atoms with van der Waals surface area (Å²) in [4.78, 5) is 2.42. The van der Waals surface area contributed by atoms with Crippen molar-refractivity contribution in [3.8, 4) is 0 Å². The van der Waals surface area contributed by atoms with Crippen LogP contribution in [0, 0.1) is 0 Å². The molecule has 1 aliphatic heterocycles. The van der Waals surface area contributed by atoms with Gasteiger partial charge in [0.15, 0.2) is 0 Å². The lowest BCUT2D eigenvalue weighted by molar-refractivity contribution is -0.0885. The number of aliphatic hydroxyl groups excluding tert-OH is 1. The van der Waals surface area contributed by atoms with Gasteiger partial charge >= 0.3 is 0 Å². The number of aryl methyl sites for hydroxylation is 1. The molecule has 0 bridgehead atoms. The molecule has 1 saturated heterocycles. The van der Waals surface area contributed by atoms with Gasteiger partial charge in [-0.05, 0) is 37.8 Å². The van der Waals surface area contributed by atoms with Crippen molar-refractivity contribution in [1.29, 1.82) is 0 Å². The van der Waals surface area contributed by atoms with E-state index in [1.165, 1.54) is 0 Å². The van der Waals surface area contributed by atoms with E-state index in [1.54, 1.807) is 0 Å². The number of hydrogen-bond acceptors (Lipinski definition) is 4.